The number of para-hydroxylation sites is 1. The molecule has 0 bridgehead atoms. The predicted octanol–water partition coefficient (Wildman–Crippen LogP) is 4.29. The molecule has 29 heavy (non-hydrogen) atoms. The fourth-order valence-electron chi connectivity index (χ4n) is 4.35. The zero-order chi connectivity index (χ0) is 20.6. The number of ketones is 1. The van der Waals surface area contributed by atoms with Gasteiger partial charge in [-0.2, -0.15) is 0 Å². The van der Waals surface area contributed by atoms with E-state index < -0.39 is 5.72 Å². The molecular weight excluding hydrogens is 364 g/mol. The Morgan fingerprint density at radius 1 is 1.17 bits per heavy atom. The van der Waals surface area contributed by atoms with Crippen LogP contribution in [-0.2, 0) is 14.9 Å². The first-order valence-corrected chi connectivity index (χ1v) is 10.2. The van der Waals surface area contributed by atoms with Crippen LogP contribution < -0.4 is 9.64 Å². The van der Waals surface area contributed by atoms with Crippen LogP contribution in [0.15, 0.2) is 42.5 Å². The van der Waals surface area contributed by atoms with Gasteiger partial charge in [0, 0.05) is 24.3 Å². The lowest BCUT2D eigenvalue weighted by Crippen LogP contribution is -2.60. The number of carbonyl (C=O) groups excluding carboxylic acids is 1. The highest BCUT2D eigenvalue weighted by molar-refractivity contribution is 5.75. The van der Waals surface area contributed by atoms with Crippen molar-refractivity contribution in [3.05, 3.63) is 59.4 Å². The molecule has 5 heteroatoms. The third-order valence-electron chi connectivity index (χ3n) is 5.98. The van der Waals surface area contributed by atoms with E-state index >= 15 is 0 Å². The Balaban J connectivity index is 1.67. The summed E-state index contributed by atoms with van der Waals surface area (Å²) in [5, 5.41) is 0. The summed E-state index contributed by atoms with van der Waals surface area (Å²) >= 11 is 0. The van der Waals surface area contributed by atoms with Crippen molar-refractivity contribution in [2.45, 2.75) is 45.3 Å². The normalized spacial score (nSPS) is 21.0. The standard InChI is InChI=1S/C24H28N2O3/c1-17-9-10-22-20(25-17)11-13-24(29-22)23(3,4)19-7-5-6-8-21(19)26(24)14-16-28-15-12-18(2)27/h5-11,13H,12,14-16H2,1-4H3. The molecular formula is C24H28N2O3. The number of anilines is 1. The van der Waals surface area contributed by atoms with Gasteiger partial charge in [-0.25, -0.2) is 4.98 Å². The molecule has 3 heterocycles. The first kappa shape index (κ1) is 19.6. The quantitative estimate of drug-likeness (QED) is 0.687. The van der Waals surface area contributed by atoms with Gasteiger partial charge in [0.15, 0.2) is 0 Å². The molecule has 0 radical (unpaired) electrons. The van der Waals surface area contributed by atoms with Gasteiger partial charge in [-0.1, -0.05) is 18.2 Å². The smallest absolute Gasteiger partial charge is 0.212 e. The second-order valence-corrected chi connectivity index (χ2v) is 8.33. The van der Waals surface area contributed by atoms with Crippen LogP contribution in [0.1, 0.15) is 44.1 Å². The van der Waals surface area contributed by atoms with Gasteiger partial charge in [0.2, 0.25) is 5.72 Å². The highest BCUT2D eigenvalue weighted by Crippen LogP contribution is 2.54. The van der Waals surface area contributed by atoms with E-state index in [9.17, 15) is 4.79 Å². The monoisotopic (exact) mass is 392 g/mol. The van der Waals surface area contributed by atoms with Crippen molar-refractivity contribution < 1.29 is 14.3 Å². The summed E-state index contributed by atoms with van der Waals surface area (Å²) in [5.74, 6) is 0.938. The van der Waals surface area contributed by atoms with Crippen LogP contribution in [0.3, 0.4) is 0 Å². The van der Waals surface area contributed by atoms with Gasteiger partial charge in [-0.05, 0) is 63.6 Å². The van der Waals surface area contributed by atoms with Crippen molar-refractivity contribution in [1.29, 1.82) is 0 Å². The summed E-state index contributed by atoms with van der Waals surface area (Å²) in [7, 11) is 0. The molecule has 1 aromatic carbocycles. The SMILES string of the molecule is CC(=O)CCOCCN1c2ccccc2C(C)(C)C12C=Cc1nc(C)ccc1O2. The maximum absolute atomic E-state index is 11.2. The van der Waals surface area contributed by atoms with Gasteiger partial charge >= 0.3 is 0 Å². The molecule has 0 saturated carbocycles. The van der Waals surface area contributed by atoms with Crippen molar-refractivity contribution in [2.75, 3.05) is 24.7 Å². The van der Waals surface area contributed by atoms with Crippen LogP contribution in [0, 0.1) is 6.92 Å². The molecule has 0 fully saturated rings. The number of pyridine rings is 1. The molecule has 2 aliphatic rings. The number of carbonyl (C=O) groups is 1. The molecule has 4 rings (SSSR count). The van der Waals surface area contributed by atoms with E-state index in [1.807, 2.05) is 19.1 Å². The van der Waals surface area contributed by atoms with Crippen molar-refractivity contribution in [2.24, 2.45) is 0 Å². The third kappa shape index (κ3) is 3.23. The molecule has 152 valence electrons. The van der Waals surface area contributed by atoms with E-state index in [0.29, 0.717) is 26.2 Å². The van der Waals surface area contributed by atoms with Crippen molar-refractivity contribution in [3.8, 4) is 5.75 Å². The third-order valence-corrected chi connectivity index (χ3v) is 5.98. The van der Waals surface area contributed by atoms with Gasteiger partial charge in [0.1, 0.15) is 17.2 Å². The minimum absolute atomic E-state index is 0.145. The summed E-state index contributed by atoms with van der Waals surface area (Å²) in [6.45, 7) is 9.65. The van der Waals surface area contributed by atoms with Crippen LogP contribution in [0.5, 0.6) is 5.75 Å². The number of fused-ring (bicyclic) bond motifs is 2. The Kier molecular flexibility index (Phi) is 4.95. The topological polar surface area (TPSA) is 51.7 Å². The summed E-state index contributed by atoms with van der Waals surface area (Å²) in [5.41, 5.74) is 3.29. The Bertz CT molecular complexity index is 966. The molecule has 1 aromatic heterocycles. The van der Waals surface area contributed by atoms with Crippen molar-refractivity contribution in [3.63, 3.8) is 0 Å². The molecule has 1 atom stereocenters. The van der Waals surface area contributed by atoms with E-state index in [0.717, 1.165) is 22.8 Å². The molecule has 0 saturated heterocycles. The summed E-state index contributed by atoms with van der Waals surface area (Å²) < 4.78 is 12.5. The van der Waals surface area contributed by atoms with E-state index in [-0.39, 0.29) is 11.2 Å². The zero-order valence-corrected chi connectivity index (χ0v) is 17.6. The average Bonchev–Trinajstić information content (AvgIpc) is 2.86. The second kappa shape index (κ2) is 7.30. The Morgan fingerprint density at radius 3 is 2.76 bits per heavy atom. The Hall–Kier alpha value is -2.66. The summed E-state index contributed by atoms with van der Waals surface area (Å²) in [6, 6.07) is 12.4. The van der Waals surface area contributed by atoms with E-state index in [2.05, 4.69) is 60.1 Å². The average molecular weight is 392 g/mol. The van der Waals surface area contributed by atoms with Crippen LogP contribution in [0.25, 0.3) is 6.08 Å². The lowest BCUT2D eigenvalue weighted by molar-refractivity contribution is -0.118. The number of aromatic nitrogens is 1. The fourth-order valence-corrected chi connectivity index (χ4v) is 4.35. The number of hydrogen-bond acceptors (Lipinski definition) is 5. The summed E-state index contributed by atoms with van der Waals surface area (Å²) in [6.07, 6.45) is 4.66. The zero-order valence-electron chi connectivity index (χ0n) is 17.6. The number of benzene rings is 1. The number of Topliss-reactive ketones (excluding diaryl/α,β-unsaturated/α-hetero) is 1. The molecule has 1 unspecified atom stereocenters. The largest absolute Gasteiger partial charge is 0.461 e. The highest BCUT2D eigenvalue weighted by Gasteiger charge is 2.58. The Morgan fingerprint density at radius 2 is 1.97 bits per heavy atom. The lowest BCUT2D eigenvalue weighted by atomic mass is 9.76. The molecule has 0 amide bonds. The predicted molar refractivity (Wildman–Crippen MR) is 114 cm³/mol. The first-order valence-electron chi connectivity index (χ1n) is 10.2. The van der Waals surface area contributed by atoms with Crippen LogP contribution in [-0.4, -0.2) is 36.3 Å². The molecule has 5 nitrogen and oxygen atoms in total. The van der Waals surface area contributed by atoms with Crippen LogP contribution in [0.2, 0.25) is 0 Å². The van der Waals surface area contributed by atoms with E-state index in [1.165, 1.54) is 5.56 Å². The fraction of sp³-hybridized carbons (Fsp3) is 0.417. The van der Waals surface area contributed by atoms with E-state index in [1.54, 1.807) is 6.92 Å². The Labute approximate surface area is 172 Å². The minimum atomic E-state index is -0.662. The van der Waals surface area contributed by atoms with E-state index in [4.69, 9.17) is 9.47 Å². The molecule has 1 spiro atoms. The van der Waals surface area contributed by atoms with Gasteiger partial charge in [0.25, 0.3) is 0 Å². The van der Waals surface area contributed by atoms with Crippen LogP contribution >= 0.6 is 0 Å². The number of rotatable bonds is 6. The molecule has 2 aliphatic heterocycles. The molecule has 2 aromatic rings. The maximum atomic E-state index is 11.2. The highest BCUT2D eigenvalue weighted by atomic mass is 16.5. The summed E-state index contributed by atoms with van der Waals surface area (Å²) in [4.78, 5) is 18.1. The van der Waals surface area contributed by atoms with Crippen LogP contribution in [0.4, 0.5) is 5.69 Å². The minimum Gasteiger partial charge on any atom is -0.461 e. The maximum Gasteiger partial charge on any atom is 0.212 e. The number of nitrogens with zero attached hydrogens (tertiary/aromatic N) is 2. The van der Waals surface area contributed by atoms with Gasteiger partial charge in [-0.3, -0.25) is 4.79 Å². The van der Waals surface area contributed by atoms with Gasteiger partial charge in [0.05, 0.1) is 18.6 Å². The number of aryl methyl sites for hydroxylation is 1. The van der Waals surface area contributed by atoms with Crippen molar-refractivity contribution >= 4 is 17.5 Å². The second-order valence-electron chi connectivity index (χ2n) is 8.33. The van der Waals surface area contributed by atoms with Gasteiger partial charge in [-0.15, -0.1) is 0 Å². The molecule has 0 aliphatic carbocycles. The number of ether oxygens (including phenoxy) is 2. The van der Waals surface area contributed by atoms with Crippen molar-refractivity contribution in [1.82, 2.24) is 4.98 Å². The first-order chi connectivity index (χ1) is 13.8. The lowest BCUT2D eigenvalue weighted by Gasteiger charge is -2.47. The molecule has 0 N–H and O–H groups in total. The van der Waals surface area contributed by atoms with Gasteiger partial charge < -0.3 is 14.4 Å². The number of hydrogen-bond donors (Lipinski definition) is 0.